The van der Waals surface area contributed by atoms with Gasteiger partial charge in [-0.1, -0.05) is 13.3 Å². The standard InChI is InChI=1S/C20H25BrN2O/c1-3-12-8-11-9-14-19-13(6-7-23(10-11)20(12)14)17-15(22-19)4-5-16(24-2)18(17)21/h4-5,11-12,14,20,22H,3,6-10H2,1-2H3/t11-,12+,14+,20+/m1/s1. The zero-order valence-corrected chi connectivity index (χ0v) is 16.0. The minimum Gasteiger partial charge on any atom is -0.496 e. The fraction of sp³-hybridized carbons (Fsp3) is 0.600. The zero-order chi connectivity index (χ0) is 16.4. The van der Waals surface area contributed by atoms with Crippen molar-refractivity contribution in [3.8, 4) is 5.75 Å². The molecule has 3 fully saturated rings. The molecule has 1 saturated carbocycles. The molecule has 0 radical (unpaired) electrons. The van der Waals surface area contributed by atoms with Crippen molar-refractivity contribution in [1.82, 2.24) is 9.88 Å². The number of hydrogen-bond donors (Lipinski definition) is 1. The molecule has 1 aliphatic carbocycles. The van der Waals surface area contributed by atoms with Gasteiger partial charge in [0.15, 0.2) is 0 Å². The second kappa shape index (κ2) is 5.50. The van der Waals surface area contributed by atoms with Crippen LogP contribution in [0.15, 0.2) is 16.6 Å². The zero-order valence-electron chi connectivity index (χ0n) is 14.4. The van der Waals surface area contributed by atoms with E-state index in [1.807, 2.05) is 0 Å². The number of rotatable bonds is 2. The van der Waals surface area contributed by atoms with E-state index in [9.17, 15) is 0 Å². The third-order valence-corrected chi connectivity index (χ3v) is 7.59. The summed E-state index contributed by atoms with van der Waals surface area (Å²) < 4.78 is 6.66. The molecule has 0 spiro atoms. The third kappa shape index (κ3) is 1.99. The van der Waals surface area contributed by atoms with Crippen LogP contribution in [0.1, 0.15) is 43.4 Å². The van der Waals surface area contributed by atoms with Crippen molar-refractivity contribution < 1.29 is 4.74 Å². The fourth-order valence-corrected chi connectivity index (χ4v) is 6.63. The minimum absolute atomic E-state index is 0.685. The van der Waals surface area contributed by atoms with Crippen molar-refractivity contribution in [2.75, 3.05) is 20.2 Å². The second-order valence-corrected chi connectivity index (χ2v) is 8.66. The van der Waals surface area contributed by atoms with Crippen LogP contribution >= 0.6 is 15.9 Å². The summed E-state index contributed by atoms with van der Waals surface area (Å²) in [4.78, 5) is 6.63. The van der Waals surface area contributed by atoms with Gasteiger partial charge in [0.05, 0.1) is 11.6 Å². The average molecular weight is 389 g/mol. The first-order valence-electron chi connectivity index (χ1n) is 9.32. The number of fused-ring (bicyclic) bond motifs is 4. The van der Waals surface area contributed by atoms with Gasteiger partial charge in [-0.25, -0.2) is 0 Å². The topological polar surface area (TPSA) is 28.3 Å². The molecule has 4 bridgehead atoms. The van der Waals surface area contributed by atoms with Crippen LogP contribution in [0.4, 0.5) is 0 Å². The van der Waals surface area contributed by atoms with Gasteiger partial charge < -0.3 is 9.72 Å². The number of halogens is 1. The van der Waals surface area contributed by atoms with Crippen LogP contribution in [-0.2, 0) is 6.42 Å². The molecule has 1 aromatic heterocycles. The number of aromatic amines is 1. The van der Waals surface area contributed by atoms with Crippen molar-refractivity contribution in [1.29, 1.82) is 0 Å². The highest BCUT2D eigenvalue weighted by Gasteiger charge is 2.48. The van der Waals surface area contributed by atoms with E-state index in [-0.39, 0.29) is 0 Å². The molecule has 3 aliphatic heterocycles. The largest absolute Gasteiger partial charge is 0.496 e. The fourth-order valence-electron chi connectivity index (χ4n) is 5.88. The minimum atomic E-state index is 0.685. The molecule has 4 heteroatoms. The van der Waals surface area contributed by atoms with Crippen molar-refractivity contribution in [2.45, 2.75) is 44.6 Å². The maximum atomic E-state index is 5.54. The molecule has 1 aromatic carbocycles. The van der Waals surface area contributed by atoms with E-state index in [0.29, 0.717) is 5.92 Å². The van der Waals surface area contributed by atoms with E-state index in [0.717, 1.165) is 34.5 Å². The van der Waals surface area contributed by atoms with Crippen molar-refractivity contribution in [3.05, 3.63) is 27.9 Å². The summed E-state index contributed by atoms with van der Waals surface area (Å²) in [7, 11) is 1.75. The van der Waals surface area contributed by atoms with Gasteiger partial charge in [0.2, 0.25) is 0 Å². The van der Waals surface area contributed by atoms with Crippen molar-refractivity contribution in [2.24, 2.45) is 11.8 Å². The van der Waals surface area contributed by atoms with Crippen LogP contribution in [0.25, 0.3) is 10.9 Å². The van der Waals surface area contributed by atoms with Crippen molar-refractivity contribution >= 4 is 26.8 Å². The van der Waals surface area contributed by atoms with E-state index in [1.54, 1.807) is 7.11 Å². The quantitative estimate of drug-likeness (QED) is 0.807. The summed E-state index contributed by atoms with van der Waals surface area (Å²) in [6, 6.07) is 5.00. The van der Waals surface area contributed by atoms with E-state index < -0.39 is 0 Å². The highest BCUT2D eigenvalue weighted by Crippen LogP contribution is 2.51. The molecule has 3 nitrogen and oxygen atoms in total. The Balaban J connectivity index is 1.70. The first-order chi connectivity index (χ1) is 11.7. The van der Waals surface area contributed by atoms with Crippen LogP contribution < -0.4 is 4.74 Å². The molecule has 4 heterocycles. The van der Waals surface area contributed by atoms with E-state index >= 15 is 0 Å². The molecule has 2 aromatic rings. The molecule has 2 saturated heterocycles. The Morgan fingerprint density at radius 1 is 1.33 bits per heavy atom. The lowest BCUT2D eigenvalue weighted by Gasteiger charge is -2.53. The van der Waals surface area contributed by atoms with Gasteiger partial charge in [-0.15, -0.1) is 0 Å². The summed E-state index contributed by atoms with van der Waals surface area (Å²) in [6.45, 7) is 4.91. The van der Waals surface area contributed by atoms with Crippen LogP contribution in [0, 0.1) is 11.8 Å². The molecule has 128 valence electrons. The maximum absolute atomic E-state index is 5.54. The van der Waals surface area contributed by atoms with Gasteiger partial charge in [0.25, 0.3) is 0 Å². The predicted octanol–water partition coefficient (Wildman–Crippen LogP) is 4.70. The summed E-state index contributed by atoms with van der Waals surface area (Å²) in [5.41, 5.74) is 4.32. The SMILES string of the molecule is CC[C@H]1C[C@@H]2C[C@H]3c4[nH]c5ccc(OC)c(Br)c5c4CCN(C2)[C@@H]13. The highest BCUT2D eigenvalue weighted by molar-refractivity contribution is 9.10. The Morgan fingerprint density at radius 3 is 3.00 bits per heavy atom. The first kappa shape index (κ1) is 15.3. The van der Waals surface area contributed by atoms with Crippen LogP contribution in [0.3, 0.4) is 0 Å². The van der Waals surface area contributed by atoms with Gasteiger partial charge in [0, 0.05) is 41.6 Å². The Kier molecular flexibility index (Phi) is 3.50. The van der Waals surface area contributed by atoms with E-state index in [2.05, 4.69) is 44.9 Å². The molecule has 24 heavy (non-hydrogen) atoms. The predicted molar refractivity (Wildman–Crippen MR) is 101 cm³/mol. The van der Waals surface area contributed by atoms with Gasteiger partial charge in [-0.05, 0) is 64.7 Å². The lowest BCUT2D eigenvalue weighted by atomic mass is 9.65. The molecule has 6 rings (SSSR count). The first-order valence-corrected chi connectivity index (χ1v) is 10.1. The van der Waals surface area contributed by atoms with E-state index in [1.165, 1.54) is 54.5 Å². The number of nitrogens with one attached hydrogen (secondary N) is 1. The number of H-pyrrole nitrogens is 1. The summed E-state index contributed by atoms with van der Waals surface area (Å²) in [6.07, 6.45) is 5.28. The number of aromatic nitrogens is 1. The van der Waals surface area contributed by atoms with E-state index in [4.69, 9.17) is 4.74 Å². The average Bonchev–Trinajstić information content (AvgIpc) is 2.94. The molecule has 4 aliphatic rings. The highest BCUT2D eigenvalue weighted by atomic mass is 79.9. The Labute approximate surface area is 151 Å². The van der Waals surface area contributed by atoms with Gasteiger partial charge in [0.1, 0.15) is 5.75 Å². The third-order valence-electron chi connectivity index (χ3n) is 6.80. The Hall–Kier alpha value is -1.00. The number of benzene rings is 1. The van der Waals surface area contributed by atoms with Crippen LogP contribution in [-0.4, -0.2) is 36.1 Å². The molecule has 0 amide bonds. The Bertz CT molecular complexity index is 799. The van der Waals surface area contributed by atoms with Crippen molar-refractivity contribution in [3.63, 3.8) is 0 Å². The maximum Gasteiger partial charge on any atom is 0.133 e. The number of ether oxygens (including phenoxy) is 1. The van der Waals surface area contributed by atoms with Gasteiger partial charge in [-0.3, -0.25) is 4.90 Å². The normalized spacial score (nSPS) is 34.2. The molecular formula is C20H25BrN2O. The molecule has 1 N–H and O–H groups in total. The monoisotopic (exact) mass is 388 g/mol. The lowest BCUT2D eigenvalue weighted by Crippen LogP contribution is -2.56. The molecular weight excluding hydrogens is 364 g/mol. The van der Waals surface area contributed by atoms with Gasteiger partial charge >= 0.3 is 0 Å². The second-order valence-electron chi connectivity index (χ2n) is 7.87. The molecule has 1 unspecified atom stereocenters. The Morgan fingerprint density at radius 2 is 2.21 bits per heavy atom. The summed E-state index contributed by atoms with van der Waals surface area (Å²) in [5, 5.41) is 1.35. The van der Waals surface area contributed by atoms with Crippen LogP contribution in [0.5, 0.6) is 5.75 Å². The summed E-state index contributed by atoms with van der Waals surface area (Å²) >= 11 is 3.81. The van der Waals surface area contributed by atoms with Crippen LogP contribution in [0.2, 0.25) is 0 Å². The molecule has 5 atom stereocenters. The number of piperidine rings is 2. The number of hydrogen-bond acceptors (Lipinski definition) is 2. The number of methoxy groups -OCH3 is 1. The lowest BCUT2D eigenvalue weighted by molar-refractivity contribution is -0.0134. The number of nitrogens with zero attached hydrogens (tertiary/aromatic N) is 1. The van der Waals surface area contributed by atoms with Gasteiger partial charge in [-0.2, -0.15) is 0 Å². The smallest absolute Gasteiger partial charge is 0.133 e. The summed E-state index contributed by atoms with van der Waals surface area (Å²) in [5.74, 6) is 3.38.